The lowest BCUT2D eigenvalue weighted by molar-refractivity contribution is -0.143. The van der Waals surface area contributed by atoms with E-state index in [-0.39, 0.29) is 18.5 Å². The van der Waals surface area contributed by atoms with E-state index in [1.54, 1.807) is 17.2 Å². The summed E-state index contributed by atoms with van der Waals surface area (Å²) in [4.78, 5) is 29.9. The minimum absolute atomic E-state index is 0.0627. The first-order valence-corrected chi connectivity index (χ1v) is 7.45. The minimum Gasteiger partial charge on any atom is -0.481 e. The van der Waals surface area contributed by atoms with Crippen molar-refractivity contribution in [3.8, 4) is 0 Å². The molecule has 2 aromatic rings. The van der Waals surface area contributed by atoms with Crippen LogP contribution in [-0.2, 0) is 4.79 Å². The highest BCUT2D eigenvalue weighted by Crippen LogP contribution is 2.24. The number of aromatic nitrogens is 1. The molecule has 1 aromatic carbocycles. The summed E-state index contributed by atoms with van der Waals surface area (Å²) in [6.45, 7) is 2.25. The van der Waals surface area contributed by atoms with Crippen molar-refractivity contribution in [3.63, 3.8) is 0 Å². The van der Waals surface area contributed by atoms with Crippen LogP contribution in [-0.4, -0.2) is 39.5 Å². The third-order valence-electron chi connectivity index (χ3n) is 4.34. The molecule has 1 N–H and O–H groups in total. The maximum atomic E-state index is 12.7. The predicted molar refractivity (Wildman–Crippen MR) is 82.6 cm³/mol. The molecule has 0 radical (unpaired) electrons. The lowest BCUT2D eigenvalue weighted by atomic mass is 9.93. The molecular formula is C17H18N2O3. The van der Waals surface area contributed by atoms with Crippen molar-refractivity contribution in [2.24, 2.45) is 5.92 Å². The van der Waals surface area contributed by atoms with Crippen molar-refractivity contribution in [2.45, 2.75) is 25.8 Å². The Morgan fingerprint density at radius 2 is 2.09 bits per heavy atom. The summed E-state index contributed by atoms with van der Waals surface area (Å²) in [5.74, 6) is -1.40. The molecule has 22 heavy (non-hydrogen) atoms. The van der Waals surface area contributed by atoms with Crippen LogP contribution in [0.5, 0.6) is 0 Å². The van der Waals surface area contributed by atoms with Crippen LogP contribution in [0.1, 0.15) is 30.1 Å². The zero-order valence-electron chi connectivity index (χ0n) is 12.4. The van der Waals surface area contributed by atoms with Crippen LogP contribution in [0.15, 0.2) is 36.5 Å². The van der Waals surface area contributed by atoms with Crippen molar-refractivity contribution in [1.29, 1.82) is 0 Å². The van der Waals surface area contributed by atoms with Gasteiger partial charge in [0, 0.05) is 29.7 Å². The number of amides is 1. The van der Waals surface area contributed by atoms with Gasteiger partial charge in [0.05, 0.1) is 11.4 Å². The van der Waals surface area contributed by atoms with Crippen LogP contribution >= 0.6 is 0 Å². The van der Waals surface area contributed by atoms with E-state index in [1.807, 2.05) is 31.2 Å². The summed E-state index contributed by atoms with van der Waals surface area (Å²) in [5, 5.41) is 10.1. The van der Waals surface area contributed by atoms with Gasteiger partial charge < -0.3 is 10.0 Å². The summed E-state index contributed by atoms with van der Waals surface area (Å²) in [5.41, 5.74) is 1.42. The molecule has 1 saturated heterocycles. The number of benzene rings is 1. The molecule has 2 atom stereocenters. The highest BCUT2D eigenvalue weighted by atomic mass is 16.4. The number of carbonyl (C=O) groups excluding carboxylic acids is 1. The van der Waals surface area contributed by atoms with Gasteiger partial charge in [-0.2, -0.15) is 0 Å². The smallest absolute Gasteiger partial charge is 0.308 e. The fraction of sp³-hybridized carbons (Fsp3) is 0.353. The molecule has 1 aliphatic heterocycles. The van der Waals surface area contributed by atoms with Gasteiger partial charge in [0.15, 0.2) is 0 Å². The summed E-state index contributed by atoms with van der Waals surface area (Å²) >= 11 is 0. The number of fused-ring (bicyclic) bond motifs is 1. The first-order chi connectivity index (χ1) is 10.6. The second-order valence-corrected chi connectivity index (χ2v) is 5.83. The molecule has 0 saturated carbocycles. The Kier molecular flexibility index (Phi) is 3.79. The van der Waals surface area contributed by atoms with Crippen LogP contribution in [0.3, 0.4) is 0 Å². The maximum absolute atomic E-state index is 12.7. The number of pyridine rings is 1. The number of hydrogen-bond acceptors (Lipinski definition) is 3. The lowest BCUT2D eigenvalue weighted by Gasteiger charge is -2.36. The monoisotopic (exact) mass is 298 g/mol. The number of carboxylic acids is 1. The van der Waals surface area contributed by atoms with Gasteiger partial charge in [0.25, 0.3) is 5.91 Å². The van der Waals surface area contributed by atoms with Crippen LogP contribution < -0.4 is 0 Å². The van der Waals surface area contributed by atoms with E-state index < -0.39 is 11.9 Å². The predicted octanol–water partition coefficient (Wildman–Crippen LogP) is 2.56. The van der Waals surface area contributed by atoms with Gasteiger partial charge in [-0.05, 0) is 44.0 Å². The molecule has 5 heteroatoms. The number of likely N-dealkylation sites (tertiary alicyclic amines) is 1. The molecule has 5 nitrogen and oxygen atoms in total. The van der Waals surface area contributed by atoms with Gasteiger partial charge in [-0.1, -0.05) is 6.07 Å². The first kappa shape index (κ1) is 14.5. The SMILES string of the molecule is CC1CCC(C(=O)O)CN1C(=O)c1ccc2ncccc2c1. The Labute approximate surface area is 128 Å². The topological polar surface area (TPSA) is 70.5 Å². The van der Waals surface area contributed by atoms with Crippen LogP contribution in [0.2, 0.25) is 0 Å². The van der Waals surface area contributed by atoms with Crippen molar-refractivity contribution < 1.29 is 14.7 Å². The quantitative estimate of drug-likeness (QED) is 0.925. The average Bonchev–Trinajstić information content (AvgIpc) is 2.54. The Morgan fingerprint density at radius 1 is 1.27 bits per heavy atom. The van der Waals surface area contributed by atoms with Crippen LogP contribution in [0.4, 0.5) is 0 Å². The summed E-state index contributed by atoms with van der Waals surface area (Å²) in [6.07, 6.45) is 3.06. The molecule has 114 valence electrons. The molecule has 3 rings (SSSR count). The standard InChI is InChI=1S/C17H18N2O3/c1-11-4-5-14(17(21)22)10-19(11)16(20)13-6-7-15-12(9-13)3-2-8-18-15/h2-3,6-9,11,14H,4-5,10H2,1H3,(H,21,22). The minimum atomic E-state index is -0.826. The van der Waals surface area contributed by atoms with Gasteiger partial charge in [-0.3, -0.25) is 14.6 Å². The van der Waals surface area contributed by atoms with E-state index >= 15 is 0 Å². The third-order valence-corrected chi connectivity index (χ3v) is 4.34. The van der Waals surface area contributed by atoms with E-state index in [0.717, 1.165) is 17.3 Å². The van der Waals surface area contributed by atoms with Gasteiger partial charge >= 0.3 is 5.97 Å². The number of hydrogen-bond donors (Lipinski definition) is 1. The summed E-state index contributed by atoms with van der Waals surface area (Å²) < 4.78 is 0. The van der Waals surface area contributed by atoms with Gasteiger partial charge in [-0.15, -0.1) is 0 Å². The molecule has 0 spiro atoms. The zero-order valence-corrected chi connectivity index (χ0v) is 12.4. The fourth-order valence-corrected chi connectivity index (χ4v) is 2.97. The van der Waals surface area contributed by atoms with Gasteiger partial charge in [0.2, 0.25) is 0 Å². The molecule has 2 heterocycles. The molecule has 2 unspecified atom stereocenters. The van der Waals surface area contributed by atoms with Crippen LogP contribution in [0.25, 0.3) is 10.9 Å². The first-order valence-electron chi connectivity index (χ1n) is 7.45. The molecule has 1 aliphatic rings. The van der Waals surface area contributed by atoms with Gasteiger partial charge in [0.1, 0.15) is 0 Å². The fourth-order valence-electron chi connectivity index (χ4n) is 2.97. The second kappa shape index (κ2) is 5.75. The second-order valence-electron chi connectivity index (χ2n) is 5.83. The van der Waals surface area contributed by atoms with Gasteiger partial charge in [-0.25, -0.2) is 0 Å². The van der Waals surface area contributed by atoms with E-state index in [9.17, 15) is 14.7 Å². The Morgan fingerprint density at radius 3 is 2.86 bits per heavy atom. The lowest BCUT2D eigenvalue weighted by Crippen LogP contribution is -2.47. The summed E-state index contributed by atoms with van der Waals surface area (Å²) in [6, 6.07) is 9.22. The molecule has 0 aliphatic carbocycles. The third kappa shape index (κ3) is 2.66. The molecule has 1 aromatic heterocycles. The maximum Gasteiger partial charge on any atom is 0.308 e. The van der Waals surface area contributed by atoms with Crippen molar-refractivity contribution in [1.82, 2.24) is 9.88 Å². The molecule has 0 bridgehead atoms. The van der Waals surface area contributed by atoms with E-state index in [4.69, 9.17) is 0 Å². The largest absolute Gasteiger partial charge is 0.481 e. The summed E-state index contributed by atoms with van der Waals surface area (Å²) in [7, 11) is 0. The Hall–Kier alpha value is -2.43. The average molecular weight is 298 g/mol. The number of rotatable bonds is 2. The number of carbonyl (C=O) groups is 2. The van der Waals surface area contributed by atoms with E-state index in [1.165, 1.54) is 0 Å². The van der Waals surface area contributed by atoms with E-state index in [0.29, 0.717) is 12.0 Å². The molecule has 1 amide bonds. The number of carboxylic acid groups (broad SMARTS) is 1. The Balaban J connectivity index is 1.88. The highest BCUT2D eigenvalue weighted by Gasteiger charge is 2.32. The molecule has 1 fully saturated rings. The number of nitrogens with zero attached hydrogens (tertiary/aromatic N) is 2. The number of piperidine rings is 1. The normalized spacial score (nSPS) is 21.8. The Bertz CT molecular complexity index is 729. The number of aliphatic carboxylic acids is 1. The van der Waals surface area contributed by atoms with Crippen molar-refractivity contribution >= 4 is 22.8 Å². The van der Waals surface area contributed by atoms with E-state index in [2.05, 4.69) is 4.98 Å². The van der Waals surface area contributed by atoms with Crippen LogP contribution in [0, 0.1) is 5.92 Å². The van der Waals surface area contributed by atoms with Crippen molar-refractivity contribution in [2.75, 3.05) is 6.54 Å². The van der Waals surface area contributed by atoms with Crippen molar-refractivity contribution in [3.05, 3.63) is 42.1 Å². The zero-order chi connectivity index (χ0) is 15.7. The molecular weight excluding hydrogens is 280 g/mol. The highest BCUT2D eigenvalue weighted by molar-refractivity contribution is 5.98.